The third-order valence-corrected chi connectivity index (χ3v) is 2.80. The van der Waals surface area contributed by atoms with Gasteiger partial charge in [-0.25, -0.2) is 0 Å². The molecule has 0 bridgehead atoms. The van der Waals surface area contributed by atoms with E-state index >= 15 is 0 Å². The summed E-state index contributed by atoms with van der Waals surface area (Å²) < 4.78 is 16.5. The van der Waals surface area contributed by atoms with Gasteiger partial charge in [0.05, 0.1) is 7.11 Å². The van der Waals surface area contributed by atoms with E-state index in [1.807, 2.05) is 12.1 Å². The largest absolute Gasteiger partial charge is 0.490 e. The van der Waals surface area contributed by atoms with Gasteiger partial charge in [0, 0.05) is 5.33 Å². The van der Waals surface area contributed by atoms with E-state index in [1.165, 1.54) is 0 Å². The predicted octanol–water partition coefficient (Wildman–Crippen LogP) is 3.72. The minimum atomic E-state index is 0.420. The van der Waals surface area contributed by atoms with E-state index in [9.17, 15) is 0 Å². The van der Waals surface area contributed by atoms with Crippen LogP contribution in [0.4, 0.5) is 0 Å². The molecule has 0 fully saturated rings. The average molecular weight is 313 g/mol. The van der Waals surface area contributed by atoms with Crippen LogP contribution in [-0.2, 0) is 5.33 Å². The van der Waals surface area contributed by atoms with Gasteiger partial charge in [0.1, 0.15) is 13.2 Å². The normalized spacial score (nSPS) is 9.67. The van der Waals surface area contributed by atoms with Crippen molar-refractivity contribution >= 4 is 15.9 Å². The smallest absolute Gasteiger partial charge is 0.203 e. The molecule has 3 nitrogen and oxygen atoms in total. The zero-order chi connectivity index (χ0) is 13.4. The number of hydrogen-bond acceptors (Lipinski definition) is 3. The Bertz CT molecular complexity index is 382. The summed E-state index contributed by atoms with van der Waals surface area (Å²) >= 11 is 3.42. The van der Waals surface area contributed by atoms with Crippen LogP contribution in [0.3, 0.4) is 0 Å². The molecule has 18 heavy (non-hydrogen) atoms. The maximum atomic E-state index is 5.57. The van der Waals surface area contributed by atoms with Crippen LogP contribution in [0.15, 0.2) is 37.4 Å². The quantitative estimate of drug-likeness (QED) is 0.541. The summed E-state index contributed by atoms with van der Waals surface area (Å²) in [5.74, 6) is 1.88. The van der Waals surface area contributed by atoms with Gasteiger partial charge in [-0.3, -0.25) is 0 Å². The first kappa shape index (κ1) is 14.6. The standard InChI is InChI=1S/C14H17BrO3/c1-4-6-17-12-8-11(10-15)9-13(14(12)16-3)18-7-5-2/h4-5,8-9H,1-2,6-7,10H2,3H3. The molecule has 0 N–H and O–H groups in total. The summed E-state index contributed by atoms with van der Waals surface area (Å²) in [6.45, 7) is 8.09. The first-order chi connectivity index (χ1) is 8.76. The fraction of sp³-hybridized carbons (Fsp3) is 0.286. The fourth-order valence-corrected chi connectivity index (χ4v) is 1.74. The van der Waals surface area contributed by atoms with Gasteiger partial charge in [0.2, 0.25) is 5.75 Å². The molecule has 0 aliphatic rings. The molecule has 0 saturated heterocycles. The first-order valence-corrected chi connectivity index (χ1v) is 6.63. The number of ether oxygens (including phenoxy) is 3. The lowest BCUT2D eigenvalue weighted by molar-refractivity contribution is 0.296. The average Bonchev–Trinajstić information content (AvgIpc) is 2.41. The van der Waals surface area contributed by atoms with Crippen molar-refractivity contribution in [3.63, 3.8) is 0 Å². The molecule has 0 radical (unpaired) electrons. The molecule has 0 heterocycles. The van der Waals surface area contributed by atoms with Gasteiger partial charge in [0.15, 0.2) is 11.5 Å². The van der Waals surface area contributed by atoms with Crippen LogP contribution in [0.25, 0.3) is 0 Å². The Morgan fingerprint density at radius 1 is 1.11 bits per heavy atom. The molecule has 1 aromatic rings. The van der Waals surface area contributed by atoms with Crippen LogP contribution >= 0.6 is 15.9 Å². The minimum Gasteiger partial charge on any atom is -0.490 e. The molecule has 0 saturated carbocycles. The van der Waals surface area contributed by atoms with E-state index in [4.69, 9.17) is 14.2 Å². The van der Waals surface area contributed by atoms with Crippen molar-refractivity contribution in [3.05, 3.63) is 43.0 Å². The highest BCUT2D eigenvalue weighted by atomic mass is 79.9. The number of hydrogen-bond donors (Lipinski definition) is 0. The third kappa shape index (κ3) is 3.81. The zero-order valence-electron chi connectivity index (χ0n) is 10.4. The maximum Gasteiger partial charge on any atom is 0.203 e. The van der Waals surface area contributed by atoms with Gasteiger partial charge in [-0.2, -0.15) is 0 Å². The Morgan fingerprint density at radius 3 is 1.94 bits per heavy atom. The van der Waals surface area contributed by atoms with Crippen LogP contribution in [0, 0.1) is 0 Å². The number of alkyl halides is 1. The van der Waals surface area contributed by atoms with Gasteiger partial charge >= 0.3 is 0 Å². The Kier molecular flexibility index (Phi) is 6.36. The van der Waals surface area contributed by atoms with Crippen molar-refractivity contribution < 1.29 is 14.2 Å². The van der Waals surface area contributed by atoms with Crippen molar-refractivity contribution in [3.8, 4) is 17.2 Å². The summed E-state index contributed by atoms with van der Waals surface area (Å²) in [5.41, 5.74) is 1.05. The molecule has 4 heteroatoms. The Morgan fingerprint density at radius 2 is 1.61 bits per heavy atom. The van der Waals surface area contributed by atoms with E-state index in [1.54, 1.807) is 19.3 Å². The van der Waals surface area contributed by atoms with Crippen LogP contribution in [0.2, 0.25) is 0 Å². The van der Waals surface area contributed by atoms with Gasteiger partial charge in [-0.15, -0.1) is 0 Å². The summed E-state index contributed by atoms with van der Waals surface area (Å²) in [6.07, 6.45) is 3.37. The zero-order valence-corrected chi connectivity index (χ0v) is 12.0. The molecule has 0 amide bonds. The number of benzene rings is 1. The van der Waals surface area contributed by atoms with E-state index in [0.717, 1.165) is 5.56 Å². The van der Waals surface area contributed by atoms with E-state index < -0.39 is 0 Å². The van der Waals surface area contributed by atoms with Crippen LogP contribution < -0.4 is 14.2 Å². The lowest BCUT2D eigenvalue weighted by atomic mass is 10.2. The molecule has 1 aromatic carbocycles. The molecule has 0 spiro atoms. The van der Waals surface area contributed by atoms with Gasteiger partial charge in [-0.1, -0.05) is 41.2 Å². The molecule has 0 atom stereocenters. The maximum absolute atomic E-state index is 5.57. The highest BCUT2D eigenvalue weighted by molar-refractivity contribution is 9.08. The summed E-state index contributed by atoms with van der Waals surface area (Å²) in [7, 11) is 1.59. The van der Waals surface area contributed by atoms with Gasteiger partial charge in [0.25, 0.3) is 0 Å². The predicted molar refractivity (Wildman–Crippen MR) is 77.0 cm³/mol. The molecule has 0 aliphatic carbocycles. The lowest BCUT2D eigenvalue weighted by Crippen LogP contribution is -2.01. The molecule has 98 valence electrons. The van der Waals surface area contributed by atoms with Crippen molar-refractivity contribution in [1.82, 2.24) is 0 Å². The van der Waals surface area contributed by atoms with Crippen LogP contribution in [-0.4, -0.2) is 20.3 Å². The summed E-state index contributed by atoms with van der Waals surface area (Å²) in [5, 5.41) is 0.714. The second-order valence-electron chi connectivity index (χ2n) is 3.46. The molecular formula is C14H17BrO3. The van der Waals surface area contributed by atoms with Crippen LogP contribution in [0.1, 0.15) is 5.56 Å². The van der Waals surface area contributed by atoms with Crippen molar-refractivity contribution in [2.75, 3.05) is 20.3 Å². The third-order valence-electron chi connectivity index (χ3n) is 2.15. The van der Waals surface area contributed by atoms with E-state index in [2.05, 4.69) is 29.1 Å². The molecular weight excluding hydrogens is 296 g/mol. The Labute approximate surface area is 116 Å². The van der Waals surface area contributed by atoms with Gasteiger partial charge in [-0.05, 0) is 17.7 Å². The van der Waals surface area contributed by atoms with Gasteiger partial charge < -0.3 is 14.2 Å². The van der Waals surface area contributed by atoms with Crippen molar-refractivity contribution in [1.29, 1.82) is 0 Å². The second kappa shape index (κ2) is 7.82. The number of halogens is 1. The fourth-order valence-electron chi connectivity index (χ4n) is 1.42. The monoisotopic (exact) mass is 312 g/mol. The second-order valence-corrected chi connectivity index (χ2v) is 4.02. The molecule has 1 rings (SSSR count). The lowest BCUT2D eigenvalue weighted by Gasteiger charge is -2.15. The summed E-state index contributed by atoms with van der Waals surface area (Å²) in [4.78, 5) is 0. The molecule has 0 unspecified atom stereocenters. The van der Waals surface area contributed by atoms with Crippen molar-refractivity contribution in [2.45, 2.75) is 5.33 Å². The number of methoxy groups -OCH3 is 1. The first-order valence-electron chi connectivity index (χ1n) is 5.51. The van der Waals surface area contributed by atoms with Crippen molar-refractivity contribution in [2.24, 2.45) is 0 Å². The highest BCUT2D eigenvalue weighted by Crippen LogP contribution is 2.39. The highest BCUT2D eigenvalue weighted by Gasteiger charge is 2.13. The van der Waals surface area contributed by atoms with E-state index in [0.29, 0.717) is 35.8 Å². The van der Waals surface area contributed by atoms with Crippen LogP contribution in [0.5, 0.6) is 17.2 Å². The Hall–Kier alpha value is -1.42. The van der Waals surface area contributed by atoms with E-state index in [-0.39, 0.29) is 0 Å². The minimum absolute atomic E-state index is 0.420. The summed E-state index contributed by atoms with van der Waals surface area (Å²) in [6, 6.07) is 3.83. The topological polar surface area (TPSA) is 27.7 Å². The molecule has 0 aliphatic heterocycles. The molecule has 0 aromatic heterocycles. The Balaban J connectivity index is 3.11. The SMILES string of the molecule is C=CCOc1cc(CBr)cc(OCC=C)c1OC. The number of rotatable bonds is 8.